The smallest absolute Gasteiger partial charge is 0.344 e. The zero-order chi connectivity index (χ0) is 19.5. The lowest BCUT2D eigenvalue weighted by Gasteiger charge is -2.10. The first-order chi connectivity index (χ1) is 13.1. The molecule has 3 amide bonds. The Hall–Kier alpha value is -3.55. The molecule has 8 nitrogen and oxygen atoms in total. The van der Waals surface area contributed by atoms with Gasteiger partial charge in [0.15, 0.2) is 24.7 Å². The fourth-order valence-electron chi connectivity index (χ4n) is 2.05. The number of amides is 3. The van der Waals surface area contributed by atoms with Gasteiger partial charge in [-0.1, -0.05) is 42.5 Å². The number of esters is 1. The zero-order valence-electron chi connectivity index (χ0n) is 14.8. The molecule has 0 fully saturated rings. The van der Waals surface area contributed by atoms with E-state index in [4.69, 9.17) is 14.2 Å². The predicted molar refractivity (Wildman–Crippen MR) is 96.3 cm³/mol. The third-order valence-electron chi connectivity index (χ3n) is 3.33. The molecule has 0 unspecified atom stereocenters. The number of urea groups is 1. The summed E-state index contributed by atoms with van der Waals surface area (Å²) in [4.78, 5) is 34.9. The maximum atomic E-state index is 11.6. The van der Waals surface area contributed by atoms with E-state index in [1.165, 1.54) is 7.11 Å². The summed E-state index contributed by atoms with van der Waals surface area (Å²) in [6.07, 6.45) is 0. The Morgan fingerprint density at radius 2 is 1.56 bits per heavy atom. The number of ether oxygens (including phenoxy) is 3. The molecule has 0 aliphatic rings. The molecule has 0 atom stereocenters. The first-order valence-electron chi connectivity index (χ1n) is 8.11. The minimum Gasteiger partial charge on any atom is -0.493 e. The number of nitrogens with one attached hydrogen (secondary N) is 2. The van der Waals surface area contributed by atoms with Crippen molar-refractivity contribution in [2.24, 2.45) is 0 Å². The lowest BCUT2D eigenvalue weighted by molar-refractivity contribution is -0.150. The number of carbonyl (C=O) groups excluding carboxylic acids is 3. The van der Waals surface area contributed by atoms with E-state index < -0.39 is 31.1 Å². The van der Waals surface area contributed by atoms with E-state index >= 15 is 0 Å². The molecular weight excluding hydrogens is 352 g/mol. The number of carbonyl (C=O) groups is 3. The number of rotatable bonds is 8. The van der Waals surface area contributed by atoms with Crippen LogP contribution in [0.4, 0.5) is 4.79 Å². The quantitative estimate of drug-likeness (QED) is 0.683. The monoisotopic (exact) mass is 372 g/mol. The summed E-state index contributed by atoms with van der Waals surface area (Å²) in [5, 5.41) is 4.60. The van der Waals surface area contributed by atoms with Crippen molar-refractivity contribution in [2.75, 3.05) is 20.3 Å². The van der Waals surface area contributed by atoms with Gasteiger partial charge in [0, 0.05) is 6.54 Å². The second kappa shape index (κ2) is 10.4. The van der Waals surface area contributed by atoms with Crippen molar-refractivity contribution in [1.29, 1.82) is 0 Å². The van der Waals surface area contributed by atoms with Crippen LogP contribution in [0, 0.1) is 0 Å². The Bertz CT molecular complexity index is 779. The molecule has 2 aromatic rings. The molecule has 2 aromatic carbocycles. The van der Waals surface area contributed by atoms with E-state index in [2.05, 4.69) is 10.6 Å². The molecule has 0 bridgehead atoms. The summed E-state index contributed by atoms with van der Waals surface area (Å²) in [5.74, 6) is -0.647. The van der Waals surface area contributed by atoms with E-state index in [0.717, 1.165) is 5.56 Å². The summed E-state index contributed by atoms with van der Waals surface area (Å²) < 4.78 is 15.1. The minimum atomic E-state index is -0.749. The van der Waals surface area contributed by atoms with Crippen molar-refractivity contribution < 1.29 is 28.6 Å². The molecular formula is C19H20N2O6. The molecule has 0 saturated heterocycles. The summed E-state index contributed by atoms with van der Waals surface area (Å²) in [6, 6.07) is 15.3. The van der Waals surface area contributed by atoms with Gasteiger partial charge in [0.25, 0.3) is 5.91 Å². The van der Waals surface area contributed by atoms with Crippen LogP contribution < -0.4 is 20.1 Å². The molecule has 0 heterocycles. The summed E-state index contributed by atoms with van der Waals surface area (Å²) in [5.41, 5.74) is 0.889. The second-order valence-electron chi connectivity index (χ2n) is 5.32. The van der Waals surface area contributed by atoms with Crippen molar-refractivity contribution in [2.45, 2.75) is 6.54 Å². The molecule has 0 aliphatic carbocycles. The first-order valence-corrected chi connectivity index (χ1v) is 8.11. The third kappa shape index (κ3) is 7.07. The molecule has 2 rings (SSSR count). The Morgan fingerprint density at radius 3 is 2.26 bits per heavy atom. The van der Waals surface area contributed by atoms with Gasteiger partial charge in [0.05, 0.1) is 7.11 Å². The molecule has 0 radical (unpaired) electrons. The lowest BCUT2D eigenvalue weighted by Crippen LogP contribution is -2.41. The molecule has 0 aliphatic heterocycles. The van der Waals surface area contributed by atoms with Crippen LogP contribution in [0.5, 0.6) is 11.5 Å². The average Bonchev–Trinajstić information content (AvgIpc) is 2.70. The number of benzene rings is 2. The number of para-hydroxylation sites is 2. The van der Waals surface area contributed by atoms with E-state index in [0.29, 0.717) is 11.5 Å². The minimum absolute atomic E-state index is 0.270. The Morgan fingerprint density at radius 1 is 0.889 bits per heavy atom. The van der Waals surface area contributed by atoms with E-state index in [1.807, 2.05) is 30.3 Å². The highest BCUT2D eigenvalue weighted by Crippen LogP contribution is 2.25. The van der Waals surface area contributed by atoms with Gasteiger partial charge in [-0.2, -0.15) is 0 Å². The van der Waals surface area contributed by atoms with Crippen molar-refractivity contribution in [3.05, 3.63) is 60.2 Å². The van der Waals surface area contributed by atoms with E-state index in [1.54, 1.807) is 24.3 Å². The average molecular weight is 372 g/mol. The Balaban J connectivity index is 1.65. The zero-order valence-corrected chi connectivity index (χ0v) is 14.8. The lowest BCUT2D eigenvalue weighted by atomic mass is 10.2. The first kappa shape index (κ1) is 19.8. The molecule has 8 heteroatoms. The second-order valence-corrected chi connectivity index (χ2v) is 5.32. The molecule has 0 aromatic heterocycles. The van der Waals surface area contributed by atoms with E-state index in [-0.39, 0.29) is 6.54 Å². The maximum Gasteiger partial charge on any atom is 0.344 e. The third-order valence-corrected chi connectivity index (χ3v) is 3.33. The van der Waals surface area contributed by atoms with Gasteiger partial charge in [-0.25, -0.2) is 9.59 Å². The summed E-state index contributed by atoms with van der Waals surface area (Å²) >= 11 is 0. The van der Waals surface area contributed by atoms with Crippen LogP contribution in [0.1, 0.15) is 5.56 Å². The van der Waals surface area contributed by atoms with Crippen molar-refractivity contribution >= 4 is 17.9 Å². The summed E-state index contributed by atoms with van der Waals surface area (Å²) in [6.45, 7) is -0.715. The van der Waals surface area contributed by atoms with Crippen LogP contribution in [0.3, 0.4) is 0 Å². The van der Waals surface area contributed by atoms with Crippen molar-refractivity contribution in [3.63, 3.8) is 0 Å². The van der Waals surface area contributed by atoms with Gasteiger partial charge in [0.2, 0.25) is 0 Å². The van der Waals surface area contributed by atoms with Gasteiger partial charge in [-0.3, -0.25) is 10.1 Å². The SMILES string of the molecule is COc1ccccc1OCC(=O)OCC(=O)NC(=O)NCc1ccccc1. The highest BCUT2D eigenvalue weighted by Gasteiger charge is 2.12. The number of imide groups is 1. The van der Waals surface area contributed by atoms with Gasteiger partial charge in [0.1, 0.15) is 0 Å². The molecule has 0 spiro atoms. The topological polar surface area (TPSA) is 103 Å². The highest BCUT2D eigenvalue weighted by atomic mass is 16.6. The van der Waals surface area contributed by atoms with Gasteiger partial charge < -0.3 is 19.5 Å². The fourth-order valence-corrected chi connectivity index (χ4v) is 2.05. The van der Waals surface area contributed by atoms with Gasteiger partial charge >= 0.3 is 12.0 Å². The molecule has 142 valence electrons. The Kier molecular flexibility index (Phi) is 7.65. The largest absolute Gasteiger partial charge is 0.493 e. The number of hydrogen-bond donors (Lipinski definition) is 2. The molecule has 0 saturated carbocycles. The fraction of sp³-hybridized carbons (Fsp3) is 0.211. The molecule has 27 heavy (non-hydrogen) atoms. The highest BCUT2D eigenvalue weighted by molar-refractivity contribution is 5.95. The van der Waals surface area contributed by atoms with Crippen LogP contribution in [-0.2, 0) is 20.9 Å². The summed E-state index contributed by atoms with van der Waals surface area (Å²) in [7, 11) is 1.48. The van der Waals surface area contributed by atoms with Crippen LogP contribution in [0.15, 0.2) is 54.6 Å². The van der Waals surface area contributed by atoms with Crippen LogP contribution in [-0.4, -0.2) is 38.2 Å². The number of hydrogen-bond acceptors (Lipinski definition) is 6. The van der Waals surface area contributed by atoms with E-state index in [9.17, 15) is 14.4 Å². The Labute approximate surface area is 156 Å². The van der Waals surface area contributed by atoms with Gasteiger partial charge in [-0.15, -0.1) is 0 Å². The van der Waals surface area contributed by atoms with Crippen molar-refractivity contribution in [1.82, 2.24) is 10.6 Å². The molecule has 2 N–H and O–H groups in total. The van der Waals surface area contributed by atoms with Crippen LogP contribution in [0.2, 0.25) is 0 Å². The maximum absolute atomic E-state index is 11.6. The van der Waals surface area contributed by atoms with Crippen LogP contribution in [0.25, 0.3) is 0 Å². The predicted octanol–water partition coefficient (Wildman–Crippen LogP) is 1.64. The van der Waals surface area contributed by atoms with Gasteiger partial charge in [-0.05, 0) is 17.7 Å². The van der Waals surface area contributed by atoms with Crippen LogP contribution >= 0.6 is 0 Å². The standard InChI is InChI=1S/C19H20N2O6/c1-25-15-9-5-6-10-16(15)26-13-18(23)27-12-17(22)21-19(24)20-11-14-7-3-2-4-8-14/h2-10H,11-13H2,1H3,(H2,20,21,22,24). The van der Waals surface area contributed by atoms with Crippen molar-refractivity contribution in [3.8, 4) is 11.5 Å². The normalized spacial score (nSPS) is 9.81. The number of methoxy groups -OCH3 is 1.